The number of nitrogens with one attached hydrogen (secondary N) is 1. The first-order chi connectivity index (χ1) is 11.3. The lowest BCUT2D eigenvalue weighted by Gasteiger charge is -2.11. The van der Waals surface area contributed by atoms with Gasteiger partial charge in [0, 0.05) is 16.0 Å². The average Bonchev–Trinajstić information content (AvgIpc) is 3.21. The monoisotopic (exact) mass is 326 g/mol. The summed E-state index contributed by atoms with van der Waals surface area (Å²) in [6.45, 7) is 0. The van der Waals surface area contributed by atoms with E-state index in [9.17, 15) is 4.79 Å². The second-order valence-corrected chi connectivity index (χ2v) is 6.25. The molecule has 2 aromatic heterocycles. The molecule has 0 atom stereocenters. The zero-order valence-electron chi connectivity index (χ0n) is 12.5. The van der Waals surface area contributed by atoms with Gasteiger partial charge in [-0.25, -0.2) is 0 Å². The minimum absolute atomic E-state index is 0.279. The fourth-order valence-corrected chi connectivity index (χ4v) is 3.71. The van der Waals surface area contributed by atoms with E-state index in [1.165, 1.54) is 4.88 Å². The molecule has 0 aliphatic heterocycles. The van der Waals surface area contributed by atoms with Crippen LogP contribution in [0.1, 0.15) is 20.9 Å². The van der Waals surface area contributed by atoms with Crippen molar-refractivity contribution < 1.29 is 14.1 Å². The lowest BCUT2D eigenvalue weighted by molar-refractivity contribution is 0.101. The molecule has 0 radical (unpaired) electrons. The first kappa shape index (κ1) is 14.0. The average molecular weight is 326 g/mol. The Bertz CT molecular complexity index is 882. The SMILES string of the molecule is COc1ccccc1NC(=O)c1noc2c1CCc1sccc1-2. The van der Waals surface area contributed by atoms with Crippen LogP contribution in [0.3, 0.4) is 0 Å². The predicted octanol–water partition coefficient (Wildman–Crippen LogP) is 3.76. The van der Waals surface area contributed by atoms with Crippen molar-refractivity contribution in [2.24, 2.45) is 0 Å². The number of carbonyl (C=O) groups excluding carboxylic acids is 1. The molecule has 4 rings (SSSR count). The zero-order valence-corrected chi connectivity index (χ0v) is 13.3. The minimum atomic E-state index is -0.279. The number of aromatic nitrogens is 1. The van der Waals surface area contributed by atoms with Crippen molar-refractivity contribution in [3.8, 4) is 17.1 Å². The van der Waals surface area contributed by atoms with E-state index in [4.69, 9.17) is 9.26 Å². The van der Waals surface area contributed by atoms with Crippen LogP contribution in [0.25, 0.3) is 11.3 Å². The molecule has 1 aromatic carbocycles. The second kappa shape index (κ2) is 5.55. The van der Waals surface area contributed by atoms with E-state index in [0.29, 0.717) is 17.1 Å². The van der Waals surface area contributed by atoms with Crippen molar-refractivity contribution in [3.63, 3.8) is 0 Å². The molecule has 6 heteroatoms. The van der Waals surface area contributed by atoms with Crippen LogP contribution in [-0.2, 0) is 12.8 Å². The smallest absolute Gasteiger partial charge is 0.278 e. The van der Waals surface area contributed by atoms with E-state index in [0.717, 1.165) is 29.7 Å². The summed E-state index contributed by atoms with van der Waals surface area (Å²) in [4.78, 5) is 13.9. The zero-order chi connectivity index (χ0) is 15.8. The Labute approximate surface area is 136 Å². The Kier molecular flexibility index (Phi) is 3.38. The Morgan fingerprint density at radius 2 is 2.17 bits per heavy atom. The third kappa shape index (κ3) is 2.31. The fourth-order valence-electron chi connectivity index (χ4n) is 2.84. The van der Waals surface area contributed by atoms with E-state index in [1.54, 1.807) is 30.6 Å². The summed E-state index contributed by atoms with van der Waals surface area (Å²) >= 11 is 1.71. The number of methoxy groups -OCH3 is 1. The maximum atomic E-state index is 12.6. The predicted molar refractivity (Wildman–Crippen MR) is 88.2 cm³/mol. The summed E-state index contributed by atoms with van der Waals surface area (Å²) in [6, 6.07) is 9.30. The van der Waals surface area contributed by atoms with E-state index >= 15 is 0 Å². The molecule has 5 nitrogen and oxygen atoms in total. The molecular weight excluding hydrogens is 312 g/mol. The minimum Gasteiger partial charge on any atom is -0.495 e. The molecule has 116 valence electrons. The molecule has 0 bridgehead atoms. The number of amides is 1. The Morgan fingerprint density at radius 1 is 1.30 bits per heavy atom. The lowest BCUT2D eigenvalue weighted by Crippen LogP contribution is -2.16. The van der Waals surface area contributed by atoms with Crippen LogP contribution in [0.4, 0.5) is 5.69 Å². The highest BCUT2D eigenvalue weighted by molar-refractivity contribution is 7.10. The highest BCUT2D eigenvalue weighted by Crippen LogP contribution is 2.38. The molecule has 0 saturated heterocycles. The van der Waals surface area contributed by atoms with E-state index < -0.39 is 0 Å². The maximum absolute atomic E-state index is 12.6. The number of nitrogens with zero attached hydrogens (tertiary/aromatic N) is 1. The topological polar surface area (TPSA) is 64.4 Å². The van der Waals surface area contributed by atoms with E-state index in [-0.39, 0.29) is 5.91 Å². The Hall–Kier alpha value is -2.60. The molecule has 0 saturated carbocycles. The highest BCUT2D eigenvalue weighted by atomic mass is 32.1. The molecule has 1 aliphatic carbocycles. The lowest BCUT2D eigenvalue weighted by atomic mass is 9.95. The maximum Gasteiger partial charge on any atom is 0.278 e. The summed E-state index contributed by atoms with van der Waals surface area (Å²) in [5.74, 6) is 1.05. The van der Waals surface area contributed by atoms with Crippen molar-refractivity contribution in [2.45, 2.75) is 12.8 Å². The summed E-state index contributed by atoms with van der Waals surface area (Å²) in [6.07, 6.45) is 1.68. The van der Waals surface area contributed by atoms with Gasteiger partial charge in [0.2, 0.25) is 0 Å². The molecule has 1 amide bonds. The molecular formula is C17H14N2O3S. The van der Waals surface area contributed by atoms with Crippen molar-refractivity contribution in [3.05, 3.63) is 51.8 Å². The van der Waals surface area contributed by atoms with Crippen LogP contribution in [0.2, 0.25) is 0 Å². The summed E-state index contributed by atoms with van der Waals surface area (Å²) in [5, 5.41) is 8.89. The Balaban J connectivity index is 1.66. The largest absolute Gasteiger partial charge is 0.495 e. The van der Waals surface area contributed by atoms with Gasteiger partial charge in [-0.1, -0.05) is 17.3 Å². The molecule has 0 unspecified atom stereocenters. The van der Waals surface area contributed by atoms with Crippen LogP contribution in [0, 0.1) is 0 Å². The summed E-state index contributed by atoms with van der Waals surface area (Å²) in [5.41, 5.74) is 2.90. The van der Waals surface area contributed by atoms with E-state index in [2.05, 4.69) is 10.5 Å². The van der Waals surface area contributed by atoms with Crippen molar-refractivity contribution >= 4 is 22.9 Å². The van der Waals surface area contributed by atoms with Gasteiger partial charge in [0.15, 0.2) is 11.5 Å². The molecule has 3 aromatic rings. The number of carbonyl (C=O) groups is 1. The van der Waals surface area contributed by atoms with Crippen LogP contribution in [0.15, 0.2) is 40.2 Å². The number of hydrogen-bond donors (Lipinski definition) is 1. The molecule has 23 heavy (non-hydrogen) atoms. The number of ether oxygens (including phenoxy) is 1. The van der Waals surface area contributed by atoms with Crippen molar-refractivity contribution in [2.75, 3.05) is 12.4 Å². The van der Waals surface area contributed by atoms with Crippen molar-refractivity contribution in [1.29, 1.82) is 0 Å². The molecule has 1 aliphatic rings. The molecule has 0 spiro atoms. The number of aryl methyl sites for hydroxylation is 1. The van der Waals surface area contributed by atoms with Gasteiger partial charge >= 0.3 is 0 Å². The van der Waals surface area contributed by atoms with Gasteiger partial charge in [0.1, 0.15) is 5.75 Å². The van der Waals surface area contributed by atoms with Gasteiger partial charge in [0.05, 0.1) is 12.8 Å². The van der Waals surface area contributed by atoms with Crippen LogP contribution < -0.4 is 10.1 Å². The van der Waals surface area contributed by atoms with Crippen molar-refractivity contribution in [1.82, 2.24) is 5.16 Å². The fraction of sp³-hybridized carbons (Fsp3) is 0.176. The number of hydrogen-bond acceptors (Lipinski definition) is 5. The standard InChI is InChI=1S/C17H14N2O3S/c1-21-13-5-3-2-4-12(13)18-17(20)15-11-6-7-14-10(8-9-23-14)16(11)22-19-15/h2-5,8-9H,6-7H2,1H3,(H,18,20). The third-order valence-electron chi connectivity index (χ3n) is 3.95. The van der Waals surface area contributed by atoms with E-state index in [1.807, 2.05) is 23.6 Å². The number of benzene rings is 1. The van der Waals surface area contributed by atoms with Crippen LogP contribution >= 0.6 is 11.3 Å². The number of anilines is 1. The first-order valence-corrected chi connectivity index (χ1v) is 8.15. The van der Waals surface area contributed by atoms with Gasteiger partial charge in [-0.05, 0) is 36.4 Å². The number of para-hydroxylation sites is 2. The van der Waals surface area contributed by atoms with Gasteiger partial charge in [-0.15, -0.1) is 11.3 Å². The Morgan fingerprint density at radius 3 is 3.04 bits per heavy atom. The normalized spacial score (nSPS) is 12.4. The summed E-state index contributed by atoms with van der Waals surface area (Å²) in [7, 11) is 1.57. The summed E-state index contributed by atoms with van der Waals surface area (Å²) < 4.78 is 10.7. The van der Waals surface area contributed by atoms with Crippen LogP contribution in [-0.4, -0.2) is 18.2 Å². The molecule has 2 heterocycles. The van der Waals surface area contributed by atoms with Gasteiger partial charge in [-0.2, -0.15) is 0 Å². The molecule has 0 fully saturated rings. The first-order valence-electron chi connectivity index (χ1n) is 7.27. The van der Waals surface area contributed by atoms with Gasteiger partial charge < -0.3 is 14.6 Å². The number of fused-ring (bicyclic) bond motifs is 3. The molecule has 1 N–H and O–H groups in total. The quantitative estimate of drug-likeness (QED) is 0.796. The third-order valence-corrected chi connectivity index (χ3v) is 4.93. The highest BCUT2D eigenvalue weighted by Gasteiger charge is 2.28. The number of rotatable bonds is 3. The van der Waals surface area contributed by atoms with Gasteiger partial charge in [0.25, 0.3) is 5.91 Å². The van der Waals surface area contributed by atoms with Crippen LogP contribution in [0.5, 0.6) is 5.75 Å². The number of thiophene rings is 1. The van der Waals surface area contributed by atoms with Gasteiger partial charge in [-0.3, -0.25) is 4.79 Å². The second-order valence-electron chi connectivity index (χ2n) is 5.25.